The first kappa shape index (κ1) is 13.2. The molecule has 2 aromatic heterocycles. The highest BCUT2D eigenvalue weighted by Crippen LogP contribution is 2.21. The maximum atomic E-state index is 12.0. The number of hydrogen-bond donors (Lipinski definition) is 2. The maximum absolute atomic E-state index is 12.0. The smallest absolute Gasteiger partial charge is 0.250 e. The number of nitrogens with zero attached hydrogens (tertiary/aromatic N) is 2. The third kappa shape index (κ3) is 2.96. The second-order valence-electron chi connectivity index (χ2n) is 3.77. The van der Waals surface area contributed by atoms with E-state index in [9.17, 15) is 8.42 Å². The summed E-state index contributed by atoms with van der Waals surface area (Å²) in [5.74, 6) is 0. The second kappa shape index (κ2) is 5.19. The Morgan fingerprint density at radius 1 is 1.50 bits per heavy atom. The molecule has 0 fully saturated rings. The molecule has 0 spiro atoms. The summed E-state index contributed by atoms with van der Waals surface area (Å²) in [5, 5.41) is 3.98. The molecule has 0 radical (unpaired) electrons. The Kier molecular flexibility index (Phi) is 3.81. The van der Waals surface area contributed by atoms with Crippen LogP contribution in [0.2, 0.25) is 0 Å². The topological polar surface area (TPSA) is 90.0 Å². The lowest BCUT2D eigenvalue weighted by molar-refractivity contribution is 0.583. The molecular weight excluding hydrogens is 272 g/mol. The van der Waals surface area contributed by atoms with Crippen molar-refractivity contribution in [3.63, 3.8) is 0 Å². The molecule has 18 heavy (non-hydrogen) atoms. The number of thiophene rings is 1. The van der Waals surface area contributed by atoms with Gasteiger partial charge in [0.2, 0.25) is 10.0 Å². The highest BCUT2D eigenvalue weighted by molar-refractivity contribution is 7.91. The van der Waals surface area contributed by atoms with Crippen LogP contribution in [-0.2, 0) is 30.2 Å². The molecular formula is C10H14N4O2S2. The van der Waals surface area contributed by atoms with Gasteiger partial charge in [-0.15, -0.1) is 11.3 Å². The first-order valence-corrected chi connectivity index (χ1v) is 7.57. The number of sulfonamides is 1. The Balaban J connectivity index is 2.07. The van der Waals surface area contributed by atoms with Gasteiger partial charge >= 0.3 is 0 Å². The van der Waals surface area contributed by atoms with Gasteiger partial charge in [0.1, 0.15) is 4.21 Å². The first-order valence-electron chi connectivity index (χ1n) is 5.27. The van der Waals surface area contributed by atoms with Gasteiger partial charge in [-0.05, 0) is 12.1 Å². The zero-order chi connectivity index (χ0) is 13.2. The third-order valence-electron chi connectivity index (χ3n) is 2.33. The van der Waals surface area contributed by atoms with E-state index in [2.05, 4.69) is 9.82 Å². The van der Waals surface area contributed by atoms with Crippen molar-refractivity contribution in [2.45, 2.75) is 17.3 Å². The van der Waals surface area contributed by atoms with Crippen LogP contribution in [0.25, 0.3) is 0 Å². The van der Waals surface area contributed by atoms with Crippen molar-refractivity contribution in [1.82, 2.24) is 14.5 Å². The van der Waals surface area contributed by atoms with Crippen molar-refractivity contribution in [1.29, 1.82) is 0 Å². The van der Waals surface area contributed by atoms with E-state index in [1.165, 1.54) is 11.3 Å². The van der Waals surface area contributed by atoms with Crippen LogP contribution >= 0.6 is 11.3 Å². The van der Waals surface area contributed by atoms with Gasteiger partial charge in [0.05, 0.1) is 6.20 Å². The van der Waals surface area contributed by atoms with Gasteiger partial charge in [0.25, 0.3) is 0 Å². The van der Waals surface area contributed by atoms with Crippen molar-refractivity contribution in [3.05, 3.63) is 35.0 Å². The molecule has 0 aliphatic rings. The van der Waals surface area contributed by atoms with Crippen molar-refractivity contribution in [2.24, 2.45) is 12.8 Å². The largest absolute Gasteiger partial charge is 0.326 e. The Morgan fingerprint density at radius 2 is 2.28 bits per heavy atom. The van der Waals surface area contributed by atoms with Crippen molar-refractivity contribution >= 4 is 21.4 Å². The Bertz CT molecular complexity index is 630. The molecule has 2 rings (SSSR count). The fourth-order valence-electron chi connectivity index (χ4n) is 1.43. The highest BCUT2D eigenvalue weighted by atomic mass is 32.2. The minimum Gasteiger partial charge on any atom is -0.326 e. The van der Waals surface area contributed by atoms with Crippen LogP contribution in [0.4, 0.5) is 0 Å². The molecule has 6 nitrogen and oxygen atoms in total. The number of aryl methyl sites for hydroxylation is 1. The fourth-order valence-corrected chi connectivity index (χ4v) is 3.72. The quantitative estimate of drug-likeness (QED) is 0.833. The normalized spacial score (nSPS) is 11.9. The lowest BCUT2D eigenvalue weighted by Crippen LogP contribution is -2.22. The molecule has 0 saturated heterocycles. The zero-order valence-electron chi connectivity index (χ0n) is 9.83. The summed E-state index contributed by atoms with van der Waals surface area (Å²) in [6.45, 7) is 0.578. The van der Waals surface area contributed by atoms with E-state index in [-0.39, 0.29) is 10.8 Å². The minimum absolute atomic E-state index is 0.228. The fraction of sp³-hybridized carbons (Fsp3) is 0.300. The van der Waals surface area contributed by atoms with E-state index in [0.717, 1.165) is 10.4 Å². The van der Waals surface area contributed by atoms with Gasteiger partial charge in [0.15, 0.2) is 0 Å². The van der Waals surface area contributed by atoms with Gasteiger partial charge in [0, 0.05) is 36.8 Å². The highest BCUT2D eigenvalue weighted by Gasteiger charge is 2.16. The average molecular weight is 286 g/mol. The molecule has 98 valence electrons. The van der Waals surface area contributed by atoms with E-state index in [1.807, 2.05) is 0 Å². The van der Waals surface area contributed by atoms with Gasteiger partial charge in [-0.2, -0.15) is 5.10 Å². The second-order valence-corrected chi connectivity index (χ2v) is 6.93. The Labute approximate surface area is 109 Å². The minimum atomic E-state index is -3.46. The van der Waals surface area contributed by atoms with Crippen LogP contribution < -0.4 is 10.5 Å². The van der Waals surface area contributed by atoms with Crippen LogP contribution in [0.1, 0.15) is 10.4 Å². The van der Waals surface area contributed by atoms with Crippen LogP contribution in [-0.4, -0.2) is 18.2 Å². The lowest BCUT2D eigenvalue weighted by atomic mass is 10.4. The molecule has 0 atom stereocenters. The standard InChI is InChI=1S/C10H14N4O2S2/c1-14-7-8(5-12-14)6-13-18(15,16)10-3-2-9(4-11)17-10/h2-3,5,7,13H,4,6,11H2,1H3. The number of rotatable bonds is 5. The third-order valence-corrected chi connectivity index (χ3v) is 5.33. The number of hydrogen-bond acceptors (Lipinski definition) is 5. The molecule has 0 bridgehead atoms. The Hall–Kier alpha value is -1.22. The molecule has 0 aromatic carbocycles. The van der Waals surface area contributed by atoms with Crippen molar-refractivity contribution < 1.29 is 8.42 Å². The molecule has 0 aliphatic carbocycles. The molecule has 2 heterocycles. The number of nitrogens with one attached hydrogen (secondary N) is 1. The monoisotopic (exact) mass is 286 g/mol. The maximum Gasteiger partial charge on any atom is 0.250 e. The molecule has 2 aromatic rings. The average Bonchev–Trinajstić information content (AvgIpc) is 2.95. The molecule has 0 saturated carbocycles. The predicted octanol–water partition coefficient (Wildman–Crippen LogP) is 0.419. The van der Waals surface area contributed by atoms with Crippen LogP contribution in [0.5, 0.6) is 0 Å². The number of aromatic nitrogens is 2. The summed E-state index contributed by atoms with van der Waals surface area (Å²) >= 11 is 1.18. The van der Waals surface area contributed by atoms with Gasteiger partial charge in [-0.1, -0.05) is 0 Å². The summed E-state index contributed by atoms with van der Waals surface area (Å²) in [5.41, 5.74) is 6.27. The van der Waals surface area contributed by atoms with Gasteiger partial charge in [-0.3, -0.25) is 4.68 Å². The van der Waals surface area contributed by atoms with E-state index < -0.39 is 10.0 Å². The molecule has 0 amide bonds. The predicted molar refractivity (Wildman–Crippen MR) is 69.4 cm³/mol. The molecule has 0 unspecified atom stereocenters. The van der Waals surface area contributed by atoms with Crippen molar-refractivity contribution in [2.75, 3.05) is 0 Å². The SMILES string of the molecule is Cn1cc(CNS(=O)(=O)c2ccc(CN)s2)cn1. The van der Waals surface area contributed by atoms with E-state index in [4.69, 9.17) is 5.73 Å². The Morgan fingerprint density at radius 3 is 2.83 bits per heavy atom. The zero-order valence-corrected chi connectivity index (χ0v) is 11.5. The number of nitrogens with two attached hydrogens (primary N) is 1. The molecule has 0 aliphatic heterocycles. The van der Waals surface area contributed by atoms with E-state index >= 15 is 0 Å². The van der Waals surface area contributed by atoms with Gasteiger partial charge < -0.3 is 5.73 Å². The van der Waals surface area contributed by atoms with E-state index in [1.54, 1.807) is 36.3 Å². The molecule has 8 heteroatoms. The van der Waals surface area contributed by atoms with Crippen LogP contribution in [0.3, 0.4) is 0 Å². The van der Waals surface area contributed by atoms with Gasteiger partial charge in [-0.25, -0.2) is 13.1 Å². The summed E-state index contributed by atoms with van der Waals surface area (Å²) < 4.78 is 28.4. The van der Waals surface area contributed by atoms with Crippen molar-refractivity contribution in [3.8, 4) is 0 Å². The summed E-state index contributed by atoms with van der Waals surface area (Å²) in [4.78, 5) is 0.844. The van der Waals surface area contributed by atoms with E-state index in [0.29, 0.717) is 6.54 Å². The lowest BCUT2D eigenvalue weighted by Gasteiger charge is -2.02. The van der Waals surface area contributed by atoms with Crippen LogP contribution in [0, 0.1) is 0 Å². The summed E-state index contributed by atoms with van der Waals surface area (Å²) in [7, 11) is -1.68. The molecule has 3 N–H and O–H groups in total. The van der Waals surface area contributed by atoms with Crippen LogP contribution in [0.15, 0.2) is 28.7 Å². The summed E-state index contributed by atoms with van der Waals surface area (Å²) in [6.07, 6.45) is 3.39. The first-order chi connectivity index (χ1) is 8.51. The summed E-state index contributed by atoms with van der Waals surface area (Å²) in [6, 6.07) is 3.29.